The first-order valence-electron chi connectivity index (χ1n) is 7.69. The lowest BCUT2D eigenvalue weighted by atomic mass is 9.43. The Kier molecular flexibility index (Phi) is 2.33. The summed E-state index contributed by atoms with van der Waals surface area (Å²) in [5, 5.41) is 0. The van der Waals surface area contributed by atoms with Crippen LogP contribution in [0.2, 0.25) is 0 Å². The molecule has 2 nitrogen and oxygen atoms in total. The van der Waals surface area contributed by atoms with E-state index in [1.54, 1.807) is 0 Å². The molecule has 0 aliphatic heterocycles. The average molecular weight is 256 g/mol. The van der Waals surface area contributed by atoms with E-state index in [0.29, 0.717) is 10.8 Å². The van der Waals surface area contributed by atoms with Crippen molar-refractivity contribution in [2.45, 2.75) is 43.9 Å². The molecule has 4 fully saturated rings. The predicted octanol–water partition coefficient (Wildman–Crippen LogP) is 3.07. The molecule has 1 aromatic rings. The number of nitrogens with two attached hydrogens (primary N) is 2. The number of anilines is 1. The van der Waals surface area contributed by atoms with E-state index in [1.165, 1.54) is 44.1 Å². The Morgan fingerprint density at radius 1 is 1.00 bits per heavy atom. The summed E-state index contributed by atoms with van der Waals surface area (Å²) in [4.78, 5) is 0. The van der Waals surface area contributed by atoms with Crippen molar-refractivity contribution in [2.75, 3.05) is 12.3 Å². The number of hydrogen-bond acceptors (Lipinski definition) is 2. The second-order valence-electron chi connectivity index (χ2n) is 7.57. The lowest BCUT2D eigenvalue weighted by molar-refractivity contribution is -0.0666. The van der Waals surface area contributed by atoms with Crippen LogP contribution in [-0.2, 0) is 5.41 Å². The van der Waals surface area contributed by atoms with E-state index in [9.17, 15) is 0 Å². The molecule has 2 heteroatoms. The quantitative estimate of drug-likeness (QED) is 0.799. The molecule has 0 heterocycles. The Morgan fingerprint density at radius 2 is 1.63 bits per heavy atom. The Hall–Kier alpha value is -1.02. The highest BCUT2D eigenvalue weighted by atomic mass is 14.7. The van der Waals surface area contributed by atoms with Crippen molar-refractivity contribution in [1.82, 2.24) is 0 Å². The number of rotatable bonds is 2. The zero-order chi connectivity index (χ0) is 13.1. The van der Waals surface area contributed by atoms with Gasteiger partial charge in [0, 0.05) is 5.69 Å². The summed E-state index contributed by atoms with van der Waals surface area (Å²) in [6, 6.07) is 8.69. The van der Waals surface area contributed by atoms with Gasteiger partial charge in [-0.25, -0.2) is 0 Å². The van der Waals surface area contributed by atoms with Gasteiger partial charge in [0.1, 0.15) is 0 Å². The summed E-state index contributed by atoms with van der Waals surface area (Å²) in [5.74, 6) is 1.84. The van der Waals surface area contributed by atoms with Gasteiger partial charge in [-0.2, -0.15) is 0 Å². The van der Waals surface area contributed by atoms with E-state index in [0.717, 1.165) is 24.1 Å². The van der Waals surface area contributed by atoms with Crippen LogP contribution in [0, 0.1) is 17.3 Å². The standard InChI is InChI=1S/C17H24N2/c18-11-16-6-12-5-13(7-16)9-17(8-12,10-16)14-1-3-15(19)4-2-14/h1-4,12-13H,5-11,18-19H2/t12-,13+,16?,17?. The average Bonchev–Trinajstić information content (AvgIpc) is 2.38. The van der Waals surface area contributed by atoms with E-state index in [-0.39, 0.29) is 0 Å². The largest absolute Gasteiger partial charge is 0.399 e. The van der Waals surface area contributed by atoms with Gasteiger partial charge in [-0.1, -0.05) is 12.1 Å². The summed E-state index contributed by atoms with van der Waals surface area (Å²) in [5.41, 5.74) is 15.3. The molecule has 4 aliphatic carbocycles. The highest BCUT2D eigenvalue weighted by Gasteiger charge is 2.57. The van der Waals surface area contributed by atoms with Gasteiger partial charge in [0.15, 0.2) is 0 Å². The van der Waals surface area contributed by atoms with Crippen LogP contribution in [0.15, 0.2) is 24.3 Å². The predicted molar refractivity (Wildman–Crippen MR) is 78.7 cm³/mol. The SMILES string of the molecule is NCC12C[C@H]3C[C@@H](C1)CC(c1ccc(N)cc1)(C3)C2. The van der Waals surface area contributed by atoms with E-state index in [2.05, 4.69) is 24.3 Å². The fraction of sp³-hybridized carbons (Fsp3) is 0.647. The summed E-state index contributed by atoms with van der Waals surface area (Å²) in [6.07, 6.45) is 8.31. The fourth-order valence-corrected chi connectivity index (χ4v) is 5.87. The van der Waals surface area contributed by atoms with Gasteiger partial charge in [-0.3, -0.25) is 0 Å². The van der Waals surface area contributed by atoms with Crippen LogP contribution in [0.25, 0.3) is 0 Å². The first kappa shape index (κ1) is 11.8. The minimum Gasteiger partial charge on any atom is -0.399 e. The van der Waals surface area contributed by atoms with Gasteiger partial charge in [0.05, 0.1) is 0 Å². The van der Waals surface area contributed by atoms with E-state index >= 15 is 0 Å². The number of nitrogen functional groups attached to an aromatic ring is 1. The van der Waals surface area contributed by atoms with Crippen LogP contribution < -0.4 is 11.5 Å². The van der Waals surface area contributed by atoms with Crippen LogP contribution in [0.4, 0.5) is 5.69 Å². The molecule has 0 aromatic heterocycles. The Morgan fingerprint density at radius 3 is 2.21 bits per heavy atom. The van der Waals surface area contributed by atoms with Crippen LogP contribution >= 0.6 is 0 Å². The topological polar surface area (TPSA) is 52.0 Å². The second kappa shape index (κ2) is 3.76. The third kappa shape index (κ3) is 1.66. The molecule has 1 aromatic carbocycles. The van der Waals surface area contributed by atoms with Gasteiger partial charge in [-0.05, 0) is 85.4 Å². The van der Waals surface area contributed by atoms with Crippen LogP contribution in [0.5, 0.6) is 0 Å². The summed E-state index contributed by atoms with van der Waals surface area (Å²) in [6.45, 7) is 0.886. The fourth-order valence-electron chi connectivity index (χ4n) is 5.87. The Labute approximate surface area is 115 Å². The molecule has 4 bridgehead atoms. The third-order valence-electron chi connectivity index (χ3n) is 6.14. The molecule has 0 radical (unpaired) electrons. The van der Waals surface area contributed by atoms with E-state index in [4.69, 9.17) is 11.5 Å². The molecule has 2 unspecified atom stereocenters. The summed E-state index contributed by atoms with van der Waals surface area (Å²) in [7, 11) is 0. The van der Waals surface area contributed by atoms with Crippen molar-refractivity contribution in [3.8, 4) is 0 Å². The van der Waals surface area contributed by atoms with Crippen molar-refractivity contribution < 1.29 is 0 Å². The second-order valence-corrected chi connectivity index (χ2v) is 7.57. The van der Waals surface area contributed by atoms with Crippen LogP contribution in [-0.4, -0.2) is 6.54 Å². The van der Waals surface area contributed by atoms with Crippen molar-refractivity contribution in [1.29, 1.82) is 0 Å². The molecule has 0 spiro atoms. The van der Waals surface area contributed by atoms with E-state index in [1.807, 2.05) is 0 Å². The van der Waals surface area contributed by atoms with Gasteiger partial charge >= 0.3 is 0 Å². The normalized spacial score (nSPS) is 43.6. The lowest BCUT2D eigenvalue weighted by Crippen LogP contribution is -2.56. The molecule has 4 N–H and O–H groups in total. The first-order chi connectivity index (χ1) is 9.13. The molecule has 102 valence electrons. The first-order valence-corrected chi connectivity index (χ1v) is 7.69. The number of benzene rings is 1. The molecular formula is C17H24N2. The summed E-state index contributed by atoms with van der Waals surface area (Å²) >= 11 is 0. The molecule has 4 saturated carbocycles. The smallest absolute Gasteiger partial charge is 0.0314 e. The zero-order valence-electron chi connectivity index (χ0n) is 11.6. The van der Waals surface area contributed by atoms with Crippen LogP contribution in [0.3, 0.4) is 0 Å². The minimum atomic E-state index is 0.414. The molecule has 0 saturated heterocycles. The molecule has 19 heavy (non-hydrogen) atoms. The Balaban J connectivity index is 1.76. The minimum absolute atomic E-state index is 0.414. The molecule has 4 aliphatic rings. The maximum atomic E-state index is 6.17. The molecule has 0 amide bonds. The number of hydrogen-bond donors (Lipinski definition) is 2. The van der Waals surface area contributed by atoms with Gasteiger partial charge < -0.3 is 11.5 Å². The van der Waals surface area contributed by atoms with Crippen molar-refractivity contribution in [3.63, 3.8) is 0 Å². The molecule has 5 rings (SSSR count). The van der Waals surface area contributed by atoms with Gasteiger partial charge in [0.2, 0.25) is 0 Å². The maximum Gasteiger partial charge on any atom is 0.0314 e. The van der Waals surface area contributed by atoms with Crippen molar-refractivity contribution >= 4 is 5.69 Å². The van der Waals surface area contributed by atoms with Crippen molar-refractivity contribution in [3.05, 3.63) is 29.8 Å². The van der Waals surface area contributed by atoms with Gasteiger partial charge in [0.25, 0.3) is 0 Å². The lowest BCUT2D eigenvalue weighted by Gasteiger charge is -2.62. The highest BCUT2D eigenvalue weighted by Crippen LogP contribution is 2.65. The monoisotopic (exact) mass is 256 g/mol. The third-order valence-corrected chi connectivity index (χ3v) is 6.14. The summed E-state index contributed by atoms with van der Waals surface area (Å²) < 4.78 is 0. The zero-order valence-corrected chi connectivity index (χ0v) is 11.6. The maximum absolute atomic E-state index is 6.17. The molecule has 4 atom stereocenters. The molecular weight excluding hydrogens is 232 g/mol. The van der Waals surface area contributed by atoms with Gasteiger partial charge in [-0.15, -0.1) is 0 Å². The Bertz CT molecular complexity index is 476. The van der Waals surface area contributed by atoms with Crippen molar-refractivity contribution in [2.24, 2.45) is 23.0 Å². The van der Waals surface area contributed by atoms with Crippen LogP contribution in [0.1, 0.15) is 44.1 Å². The highest BCUT2D eigenvalue weighted by molar-refractivity contribution is 5.42. The van der Waals surface area contributed by atoms with E-state index < -0.39 is 0 Å².